The van der Waals surface area contributed by atoms with Crippen LogP contribution in [0.2, 0.25) is 5.02 Å². The number of hydrogen-bond acceptors (Lipinski definition) is 5. The number of benzene rings is 2. The molecule has 0 atom stereocenters. The molecule has 138 valence electrons. The Bertz CT molecular complexity index is 957. The first-order valence-electron chi connectivity index (χ1n) is 7.88. The van der Waals surface area contributed by atoms with Crippen LogP contribution in [0.3, 0.4) is 0 Å². The van der Waals surface area contributed by atoms with Crippen LogP contribution in [0.15, 0.2) is 63.3 Å². The number of aromatic nitrogens is 3. The van der Waals surface area contributed by atoms with Crippen LogP contribution >= 0.6 is 39.3 Å². The highest BCUT2D eigenvalue weighted by Gasteiger charge is 2.12. The molecular formula is C18H15BrClN5OS. The zero-order chi connectivity index (χ0) is 19.2. The van der Waals surface area contributed by atoms with E-state index in [1.54, 1.807) is 18.3 Å². The maximum Gasteiger partial charge on any atom is 0.250 e. The number of thioether (sulfide) groups is 1. The molecule has 0 aliphatic rings. The van der Waals surface area contributed by atoms with Crippen molar-refractivity contribution in [1.29, 1.82) is 0 Å². The molecule has 2 aromatic carbocycles. The number of rotatable bonds is 6. The van der Waals surface area contributed by atoms with E-state index in [-0.39, 0.29) is 11.7 Å². The molecular weight excluding hydrogens is 450 g/mol. The van der Waals surface area contributed by atoms with Crippen LogP contribution in [0.4, 0.5) is 0 Å². The fourth-order valence-electron chi connectivity index (χ4n) is 2.18. The topological polar surface area (TPSA) is 72.2 Å². The van der Waals surface area contributed by atoms with Gasteiger partial charge < -0.3 is 4.57 Å². The van der Waals surface area contributed by atoms with Gasteiger partial charge in [-0.1, -0.05) is 63.6 Å². The third-order valence-corrected chi connectivity index (χ3v) is 5.34. The quantitative estimate of drug-likeness (QED) is 0.338. The van der Waals surface area contributed by atoms with Crippen molar-refractivity contribution in [3.8, 4) is 11.4 Å². The minimum absolute atomic E-state index is 0.185. The first kappa shape index (κ1) is 19.6. The molecule has 3 aromatic rings. The highest BCUT2D eigenvalue weighted by molar-refractivity contribution is 9.10. The lowest BCUT2D eigenvalue weighted by Gasteiger charge is -2.04. The predicted molar refractivity (Wildman–Crippen MR) is 112 cm³/mol. The number of amides is 1. The van der Waals surface area contributed by atoms with E-state index in [0.29, 0.717) is 10.2 Å². The monoisotopic (exact) mass is 463 g/mol. The van der Waals surface area contributed by atoms with Gasteiger partial charge in [0.2, 0.25) is 0 Å². The summed E-state index contributed by atoms with van der Waals surface area (Å²) in [4.78, 5) is 12.0. The smallest absolute Gasteiger partial charge is 0.250 e. The molecule has 1 aromatic heterocycles. The van der Waals surface area contributed by atoms with Gasteiger partial charge in [-0.25, -0.2) is 5.43 Å². The lowest BCUT2D eigenvalue weighted by Crippen LogP contribution is -2.19. The van der Waals surface area contributed by atoms with E-state index in [1.165, 1.54) is 11.8 Å². The Morgan fingerprint density at radius 1 is 1.22 bits per heavy atom. The highest BCUT2D eigenvalue weighted by atomic mass is 79.9. The summed E-state index contributed by atoms with van der Waals surface area (Å²) in [5, 5.41) is 13.6. The van der Waals surface area contributed by atoms with Gasteiger partial charge in [0, 0.05) is 22.1 Å². The number of nitrogens with one attached hydrogen (secondary N) is 1. The maximum atomic E-state index is 12.0. The minimum Gasteiger partial charge on any atom is -0.305 e. The van der Waals surface area contributed by atoms with Crippen molar-refractivity contribution in [3.05, 3.63) is 63.6 Å². The van der Waals surface area contributed by atoms with Crippen LogP contribution in [0, 0.1) is 0 Å². The summed E-state index contributed by atoms with van der Waals surface area (Å²) in [6.45, 7) is 0. The van der Waals surface area contributed by atoms with Gasteiger partial charge in [0.05, 0.1) is 12.0 Å². The molecule has 0 aliphatic carbocycles. The van der Waals surface area contributed by atoms with E-state index in [2.05, 4.69) is 36.7 Å². The second kappa shape index (κ2) is 9.16. The number of halogens is 2. The lowest BCUT2D eigenvalue weighted by molar-refractivity contribution is -0.118. The molecule has 0 bridgehead atoms. The summed E-state index contributed by atoms with van der Waals surface area (Å²) < 4.78 is 2.86. The molecule has 27 heavy (non-hydrogen) atoms. The van der Waals surface area contributed by atoms with Crippen molar-refractivity contribution in [1.82, 2.24) is 20.2 Å². The van der Waals surface area contributed by atoms with Crippen molar-refractivity contribution in [2.24, 2.45) is 12.1 Å². The Morgan fingerprint density at radius 2 is 1.93 bits per heavy atom. The van der Waals surface area contributed by atoms with Gasteiger partial charge in [-0.05, 0) is 29.8 Å². The third-order valence-electron chi connectivity index (χ3n) is 3.54. The summed E-state index contributed by atoms with van der Waals surface area (Å²) in [5.41, 5.74) is 4.30. The summed E-state index contributed by atoms with van der Waals surface area (Å²) in [6, 6.07) is 15.0. The Kier molecular flexibility index (Phi) is 6.65. The molecule has 3 rings (SSSR count). The van der Waals surface area contributed by atoms with Crippen LogP contribution in [0.25, 0.3) is 11.4 Å². The Hall–Kier alpha value is -2.16. The second-order valence-electron chi connectivity index (χ2n) is 5.51. The Morgan fingerprint density at radius 3 is 2.63 bits per heavy atom. The molecule has 0 unspecified atom stereocenters. The van der Waals surface area contributed by atoms with E-state index in [0.717, 1.165) is 21.4 Å². The van der Waals surface area contributed by atoms with Gasteiger partial charge in [0.1, 0.15) is 0 Å². The van der Waals surface area contributed by atoms with E-state index in [4.69, 9.17) is 11.6 Å². The van der Waals surface area contributed by atoms with Crippen molar-refractivity contribution < 1.29 is 4.79 Å². The molecule has 1 N–H and O–H groups in total. The molecule has 6 nitrogen and oxygen atoms in total. The van der Waals surface area contributed by atoms with Gasteiger partial charge >= 0.3 is 0 Å². The van der Waals surface area contributed by atoms with Gasteiger partial charge in [0.15, 0.2) is 11.0 Å². The van der Waals surface area contributed by atoms with Crippen LogP contribution in [0.1, 0.15) is 5.56 Å². The van der Waals surface area contributed by atoms with Gasteiger partial charge in [-0.2, -0.15) is 5.10 Å². The van der Waals surface area contributed by atoms with Crippen molar-refractivity contribution >= 4 is 51.4 Å². The predicted octanol–water partition coefficient (Wildman–Crippen LogP) is 4.14. The fraction of sp³-hybridized carbons (Fsp3) is 0.111. The van der Waals surface area contributed by atoms with E-state index < -0.39 is 0 Å². The average molecular weight is 465 g/mol. The molecule has 1 amide bonds. The second-order valence-corrected chi connectivity index (χ2v) is 7.80. The number of carbonyl (C=O) groups excluding carboxylic acids is 1. The number of nitrogens with zero attached hydrogens (tertiary/aromatic N) is 4. The first-order valence-corrected chi connectivity index (χ1v) is 10.0. The van der Waals surface area contributed by atoms with Crippen LogP contribution in [-0.2, 0) is 11.8 Å². The van der Waals surface area contributed by atoms with E-state index in [1.807, 2.05) is 48.0 Å². The zero-order valence-corrected chi connectivity index (χ0v) is 17.4. The van der Waals surface area contributed by atoms with Crippen LogP contribution in [0.5, 0.6) is 0 Å². The number of carbonyl (C=O) groups is 1. The summed E-state index contributed by atoms with van der Waals surface area (Å²) in [6.07, 6.45) is 1.56. The summed E-state index contributed by atoms with van der Waals surface area (Å²) in [7, 11) is 1.87. The zero-order valence-electron chi connectivity index (χ0n) is 14.3. The van der Waals surface area contributed by atoms with Crippen molar-refractivity contribution in [2.75, 3.05) is 5.75 Å². The Labute approximate surface area is 174 Å². The minimum atomic E-state index is -0.224. The molecule has 0 aliphatic heterocycles. The normalized spacial score (nSPS) is 11.1. The van der Waals surface area contributed by atoms with Gasteiger partial charge in [-0.15, -0.1) is 10.2 Å². The highest BCUT2D eigenvalue weighted by Crippen LogP contribution is 2.23. The standard InChI is InChI=1S/C18H15BrClN5OS/c1-25-17(13-4-6-14(19)7-5-13)23-24-18(25)27-11-16(26)22-21-10-12-2-8-15(20)9-3-12/h2-10H,11H2,1H3,(H,22,26)/b21-10+. The number of hydrazone groups is 1. The summed E-state index contributed by atoms with van der Waals surface area (Å²) in [5.74, 6) is 0.703. The number of hydrogen-bond donors (Lipinski definition) is 1. The molecule has 0 fully saturated rings. The molecule has 0 spiro atoms. The van der Waals surface area contributed by atoms with Gasteiger partial charge in [0.25, 0.3) is 5.91 Å². The average Bonchev–Trinajstić information content (AvgIpc) is 3.03. The largest absolute Gasteiger partial charge is 0.305 e. The molecule has 0 saturated heterocycles. The first-order chi connectivity index (χ1) is 13.0. The Balaban J connectivity index is 1.54. The lowest BCUT2D eigenvalue weighted by atomic mass is 10.2. The van der Waals surface area contributed by atoms with Crippen molar-refractivity contribution in [3.63, 3.8) is 0 Å². The fourth-order valence-corrected chi connectivity index (χ4v) is 3.27. The molecule has 0 radical (unpaired) electrons. The van der Waals surface area contributed by atoms with Crippen molar-refractivity contribution in [2.45, 2.75) is 5.16 Å². The van der Waals surface area contributed by atoms with E-state index >= 15 is 0 Å². The third kappa shape index (κ3) is 5.41. The SMILES string of the molecule is Cn1c(SCC(=O)N/N=C/c2ccc(Cl)cc2)nnc1-c1ccc(Br)cc1. The summed E-state index contributed by atoms with van der Waals surface area (Å²) >= 11 is 10.5. The molecule has 1 heterocycles. The molecule has 9 heteroatoms. The van der Waals surface area contributed by atoms with Crippen LogP contribution in [-0.4, -0.2) is 32.6 Å². The van der Waals surface area contributed by atoms with Gasteiger partial charge in [-0.3, -0.25) is 4.79 Å². The molecule has 0 saturated carbocycles. The van der Waals surface area contributed by atoms with E-state index in [9.17, 15) is 4.79 Å². The maximum absolute atomic E-state index is 12.0. The van der Waals surface area contributed by atoms with Crippen LogP contribution < -0.4 is 5.43 Å².